The Hall–Kier alpha value is -3.22. The first-order valence-corrected chi connectivity index (χ1v) is 8.45. The minimum absolute atomic E-state index is 0.0389. The fraction of sp³-hybridized carbons (Fsp3) is 0.300. The molecular weight excluding hydrogens is 348 g/mol. The SMILES string of the molecule is CC(C)(C)c1ccc(C(CC(=O)O)NC(=O)c2ccc([N+](=O)[O-])cc2)cc1. The van der Waals surface area contributed by atoms with Crippen LogP contribution in [0.15, 0.2) is 48.5 Å². The van der Waals surface area contributed by atoms with Gasteiger partial charge in [0, 0.05) is 17.7 Å². The molecule has 2 N–H and O–H groups in total. The van der Waals surface area contributed by atoms with Crippen molar-refractivity contribution in [1.29, 1.82) is 0 Å². The maximum absolute atomic E-state index is 12.4. The van der Waals surface area contributed by atoms with E-state index in [2.05, 4.69) is 26.1 Å². The molecule has 0 heterocycles. The summed E-state index contributed by atoms with van der Waals surface area (Å²) in [7, 11) is 0. The Bertz CT molecular complexity index is 836. The molecule has 142 valence electrons. The Balaban J connectivity index is 2.22. The van der Waals surface area contributed by atoms with Gasteiger partial charge in [-0.2, -0.15) is 0 Å². The molecule has 0 aliphatic heterocycles. The number of rotatable bonds is 6. The van der Waals surface area contributed by atoms with Gasteiger partial charge in [-0.05, 0) is 28.7 Å². The number of nitro groups is 1. The molecule has 0 aromatic heterocycles. The highest BCUT2D eigenvalue weighted by atomic mass is 16.6. The number of nitrogens with zero attached hydrogens (tertiary/aromatic N) is 1. The fourth-order valence-corrected chi connectivity index (χ4v) is 2.62. The van der Waals surface area contributed by atoms with E-state index < -0.39 is 22.8 Å². The van der Waals surface area contributed by atoms with Crippen LogP contribution in [0.25, 0.3) is 0 Å². The average Bonchev–Trinajstić information content (AvgIpc) is 2.60. The number of carboxylic acids is 1. The van der Waals surface area contributed by atoms with Crippen LogP contribution in [0.3, 0.4) is 0 Å². The molecule has 1 atom stereocenters. The van der Waals surface area contributed by atoms with Gasteiger partial charge in [-0.1, -0.05) is 45.0 Å². The number of amides is 1. The van der Waals surface area contributed by atoms with E-state index in [0.717, 1.165) is 5.56 Å². The summed E-state index contributed by atoms with van der Waals surface area (Å²) in [6, 6.07) is 11.9. The number of nitrogens with one attached hydrogen (secondary N) is 1. The monoisotopic (exact) mass is 370 g/mol. The topological polar surface area (TPSA) is 110 Å². The number of hydrogen-bond donors (Lipinski definition) is 2. The van der Waals surface area contributed by atoms with Gasteiger partial charge in [-0.25, -0.2) is 0 Å². The van der Waals surface area contributed by atoms with Crippen LogP contribution < -0.4 is 5.32 Å². The van der Waals surface area contributed by atoms with Crippen molar-refractivity contribution in [2.45, 2.75) is 38.6 Å². The van der Waals surface area contributed by atoms with Crippen LogP contribution in [0.1, 0.15) is 54.7 Å². The third kappa shape index (κ3) is 5.37. The van der Waals surface area contributed by atoms with Crippen molar-refractivity contribution < 1.29 is 19.6 Å². The van der Waals surface area contributed by atoms with E-state index in [-0.39, 0.29) is 23.1 Å². The molecule has 7 heteroatoms. The zero-order valence-electron chi connectivity index (χ0n) is 15.4. The van der Waals surface area contributed by atoms with Crippen molar-refractivity contribution >= 4 is 17.6 Å². The predicted octanol–water partition coefficient (Wildman–Crippen LogP) is 3.84. The number of carbonyl (C=O) groups excluding carboxylic acids is 1. The molecule has 1 amide bonds. The van der Waals surface area contributed by atoms with E-state index in [0.29, 0.717) is 5.56 Å². The molecule has 0 saturated heterocycles. The molecule has 2 rings (SSSR count). The normalized spacial score (nSPS) is 12.3. The first-order valence-electron chi connectivity index (χ1n) is 8.45. The molecule has 0 aliphatic carbocycles. The maximum Gasteiger partial charge on any atom is 0.305 e. The van der Waals surface area contributed by atoms with Crippen molar-refractivity contribution in [3.8, 4) is 0 Å². The van der Waals surface area contributed by atoms with Gasteiger partial charge in [0.1, 0.15) is 0 Å². The smallest absolute Gasteiger partial charge is 0.305 e. The standard InChI is InChI=1S/C20H22N2O5/c1-20(2,3)15-8-4-13(5-9-15)17(12-18(23)24)21-19(25)14-6-10-16(11-7-14)22(26)27/h4-11,17H,12H2,1-3H3,(H,21,25)(H,23,24). The summed E-state index contributed by atoms with van der Waals surface area (Å²) in [4.78, 5) is 33.8. The lowest BCUT2D eigenvalue weighted by Crippen LogP contribution is -2.30. The van der Waals surface area contributed by atoms with E-state index in [9.17, 15) is 24.8 Å². The molecule has 1 unspecified atom stereocenters. The lowest BCUT2D eigenvalue weighted by molar-refractivity contribution is -0.384. The number of carbonyl (C=O) groups is 2. The molecule has 2 aromatic rings. The predicted molar refractivity (Wildman–Crippen MR) is 101 cm³/mol. The highest BCUT2D eigenvalue weighted by Gasteiger charge is 2.21. The molecule has 27 heavy (non-hydrogen) atoms. The van der Waals surface area contributed by atoms with Crippen LogP contribution in [0, 0.1) is 10.1 Å². The summed E-state index contributed by atoms with van der Waals surface area (Å²) in [6.45, 7) is 6.23. The van der Waals surface area contributed by atoms with E-state index in [1.807, 2.05) is 24.3 Å². The number of non-ortho nitro benzene ring substituents is 1. The second kappa shape index (κ2) is 7.99. The summed E-state index contributed by atoms with van der Waals surface area (Å²) in [5, 5.41) is 22.6. The highest BCUT2D eigenvalue weighted by Crippen LogP contribution is 2.25. The Morgan fingerprint density at radius 3 is 2.07 bits per heavy atom. The summed E-state index contributed by atoms with van der Waals surface area (Å²) >= 11 is 0. The van der Waals surface area contributed by atoms with Gasteiger partial charge in [0.05, 0.1) is 17.4 Å². The summed E-state index contributed by atoms with van der Waals surface area (Å²) in [6.07, 6.45) is -0.270. The van der Waals surface area contributed by atoms with Gasteiger partial charge in [0.15, 0.2) is 0 Å². The number of hydrogen-bond acceptors (Lipinski definition) is 4. The van der Waals surface area contributed by atoms with Crippen molar-refractivity contribution in [3.63, 3.8) is 0 Å². The van der Waals surface area contributed by atoms with Gasteiger partial charge in [0.2, 0.25) is 0 Å². The van der Waals surface area contributed by atoms with Crippen molar-refractivity contribution in [1.82, 2.24) is 5.32 Å². The van der Waals surface area contributed by atoms with Crippen LogP contribution in [-0.4, -0.2) is 21.9 Å². The zero-order chi connectivity index (χ0) is 20.2. The van der Waals surface area contributed by atoms with Crippen LogP contribution in [0.4, 0.5) is 5.69 Å². The second-order valence-corrected chi connectivity index (χ2v) is 7.30. The fourth-order valence-electron chi connectivity index (χ4n) is 2.62. The van der Waals surface area contributed by atoms with E-state index in [1.165, 1.54) is 24.3 Å². The quantitative estimate of drug-likeness (QED) is 0.593. The largest absolute Gasteiger partial charge is 0.481 e. The van der Waals surface area contributed by atoms with Gasteiger partial charge < -0.3 is 10.4 Å². The minimum atomic E-state index is -1.04. The number of nitro benzene ring substituents is 1. The van der Waals surface area contributed by atoms with Crippen LogP contribution in [0.2, 0.25) is 0 Å². The molecule has 0 saturated carbocycles. The molecule has 0 spiro atoms. The number of benzene rings is 2. The van der Waals surface area contributed by atoms with E-state index >= 15 is 0 Å². The number of carboxylic acid groups (broad SMARTS) is 1. The molecule has 0 bridgehead atoms. The second-order valence-electron chi connectivity index (χ2n) is 7.30. The Morgan fingerprint density at radius 1 is 1.07 bits per heavy atom. The first kappa shape index (κ1) is 20.1. The molecular formula is C20H22N2O5. The Morgan fingerprint density at radius 2 is 1.63 bits per heavy atom. The van der Waals surface area contributed by atoms with Gasteiger partial charge in [-0.3, -0.25) is 19.7 Å². The van der Waals surface area contributed by atoms with Crippen molar-refractivity contribution in [2.24, 2.45) is 0 Å². The molecule has 0 radical (unpaired) electrons. The summed E-state index contributed by atoms with van der Waals surface area (Å²) in [5.41, 5.74) is 1.85. The lowest BCUT2D eigenvalue weighted by atomic mass is 9.86. The van der Waals surface area contributed by atoms with E-state index in [4.69, 9.17) is 0 Å². The van der Waals surface area contributed by atoms with Crippen LogP contribution in [0.5, 0.6) is 0 Å². The van der Waals surface area contributed by atoms with Crippen LogP contribution in [-0.2, 0) is 10.2 Å². The lowest BCUT2D eigenvalue weighted by Gasteiger charge is -2.22. The van der Waals surface area contributed by atoms with Gasteiger partial charge in [-0.15, -0.1) is 0 Å². The molecule has 7 nitrogen and oxygen atoms in total. The first-order chi connectivity index (χ1) is 12.6. The minimum Gasteiger partial charge on any atom is -0.481 e. The summed E-state index contributed by atoms with van der Waals surface area (Å²) in [5.74, 6) is -1.53. The third-order valence-electron chi connectivity index (χ3n) is 4.20. The van der Waals surface area contributed by atoms with Crippen LogP contribution >= 0.6 is 0 Å². The molecule has 2 aromatic carbocycles. The Labute approximate surface area is 157 Å². The summed E-state index contributed by atoms with van der Waals surface area (Å²) < 4.78 is 0. The van der Waals surface area contributed by atoms with Crippen molar-refractivity contribution in [2.75, 3.05) is 0 Å². The van der Waals surface area contributed by atoms with E-state index in [1.54, 1.807) is 0 Å². The van der Waals surface area contributed by atoms with Gasteiger partial charge >= 0.3 is 5.97 Å². The Kier molecular flexibility index (Phi) is 5.95. The highest BCUT2D eigenvalue weighted by molar-refractivity contribution is 5.94. The zero-order valence-corrected chi connectivity index (χ0v) is 15.4. The number of aliphatic carboxylic acids is 1. The van der Waals surface area contributed by atoms with Gasteiger partial charge in [0.25, 0.3) is 11.6 Å². The molecule has 0 aliphatic rings. The van der Waals surface area contributed by atoms with Crippen molar-refractivity contribution in [3.05, 3.63) is 75.3 Å². The molecule has 0 fully saturated rings. The maximum atomic E-state index is 12.4. The average molecular weight is 370 g/mol. The third-order valence-corrected chi connectivity index (χ3v) is 4.20.